The summed E-state index contributed by atoms with van der Waals surface area (Å²) in [7, 11) is 0. The number of aromatic nitrogens is 2. The molecule has 0 aliphatic heterocycles. The highest BCUT2D eigenvalue weighted by Gasteiger charge is 2.26. The average molecular weight is 565 g/mol. The number of imidazole rings is 1. The Hall–Kier alpha value is -2.71. The van der Waals surface area contributed by atoms with Crippen molar-refractivity contribution in [3.8, 4) is 0 Å². The molecule has 0 radical (unpaired) electrons. The molecular weight excluding hydrogens is 533 g/mol. The van der Waals surface area contributed by atoms with E-state index in [4.69, 9.17) is 23.2 Å². The number of nitrogens with zero attached hydrogens (tertiary/aromatic N) is 1. The topological polar surface area (TPSA) is 86.9 Å². The molecule has 0 atom stereocenters. The van der Waals surface area contributed by atoms with E-state index in [2.05, 4.69) is 27.5 Å². The van der Waals surface area contributed by atoms with Gasteiger partial charge in [0, 0.05) is 29.4 Å². The van der Waals surface area contributed by atoms with Crippen molar-refractivity contribution in [2.24, 2.45) is 11.3 Å². The first-order valence-corrected chi connectivity index (χ1v) is 13.5. The van der Waals surface area contributed by atoms with E-state index in [1.54, 1.807) is 12.1 Å². The molecule has 3 N–H and O–H groups in total. The van der Waals surface area contributed by atoms with E-state index in [0.29, 0.717) is 32.9 Å². The summed E-state index contributed by atoms with van der Waals surface area (Å²) in [5.41, 5.74) is 0.258. The first-order chi connectivity index (χ1) is 17.8. The van der Waals surface area contributed by atoms with Gasteiger partial charge < -0.3 is 15.6 Å². The molecule has 3 aromatic rings. The van der Waals surface area contributed by atoms with Crippen molar-refractivity contribution in [2.75, 3.05) is 0 Å². The lowest BCUT2D eigenvalue weighted by atomic mass is 9.87. The molecule has 1 fully saturated rings. The predicted molar refractivity (Wildman–Crippen MR) is 145 cm³/mol. The molecule has 10 heteroatoms. The van der Waals surface area contributed by atoms with Gasteiger partial charge in [-0.25, -0.2) is 13.8 Å². The maximum absolute atomic E-state index is 15.0. The van der Waals surface area contributed by atoms with E-state index < -0.39 is 23.0 Å². The fourth-order valence-electron chi connectivity index (χ4n) is 4.61. The third-order valence-electron chi connectivity index (χ3n) is 7.03. The Morgan fingerprint density at radius 3 is 2.45 bits per heavy atom. The van der Waals surface area contributed by atoms with Crippen LogP contribution in [0.25, 0.3) is 11.0 Å². The Bertz CT molecular complexity index is 1380. The number of H-pyrrole nitrogens is 1. The van der Waals surface area contributed by atoms with Gasteiger partial charge in [-0.1, -0.05) is 57.0 Å². The highest BCUT2D eigenvalue weighted by atomic mass is 35.5. The fraction of sp³-hybridized carbons (Fsp3) is 0.464. The zero-order valence-electron chi connectivity index (χ0n) is 21.9. The van der Waals surface area contributed by atoms with Crippen molar-refractivity contribution < 1.29 is 18.4 Å². The molecule has 0 spiro atoms. The molecule has 2 aromatic carbocycles. The van der Waals surface area contributed by atoms with Gasteiger partial charge in [0.1, 0.15) is 11.3 Å². The Balaban J connectivity index is 1.57. The number of nitrogens with one attached hydrogen (secondary N) is 3. The van der Waals surface area contributed by atoms with Crippen molar-refractivity contribution in [2.45, 2.75) is 72.4 Å². The zero-order chi connectivity index (χ0) is 27.8. The summed E-state index contributed by atoms with van der Waals surface area (Å²) < 4.78 is 29.8. The number of hydrogen-bond acceptors (Lipinski definition) is 3. The lowest BCUT2D eigenvalue weighted by Crippen LogP contribution is -2.37. The summed E-state index contributed by atoms with van der Waals surface area (Å²) in [4.78, 5) is 32.2. The van der Waals surface area contributed by atoms with E-state index in [1.807, 2.05) is 20.8 Å². The van der Waals surface area contributed by atoms with Crippen molar-refractivity contribution >= 4 is 46.0 Å². The molecule has 0 bridgehead atoms. The molecule has 1 aliphatic carbocycles. The highest BCUT2D eigenvalue weighted by molar-refractivity contribution is 6.36. The molecule has 6 nitrogen and oxygen atoms in total. The number of benzene rings is 2. The van der Waals surface area contributed by atoms with Crippen LogP contribution >= 0.6 is 23.2 Å². The molecule has 0 unspecified atom stereocenters. The fourth-order valence-corrected chi connectivity index (χ4v) is 5.18. The number of rotatable bonds is 6. The van der Waals surface area contributed by atoms with Gasteiger partial charge in [-0.05, 0) is 54.9 Å². The quantitative estimate of drug-likeness (QED) is 0.311. The number of aromatic amines is 1. The monoisotopic (exact) mass is 564 g/mol. The van der Waals surface area contributed by atoms with Crippen LogP contribution in [0.2, 0.25) is 10.0 Å². The van der Waals surface area contributed by atoms with Crippen LogP contribution in [0.5, 0.6) is 0 Å². The van der Waals surface area contributed by atoms with E-state index >= 15 is 0 Å². The highest BCUT2D eigenvalue weighted by Crippen LogP contribution is 2.32. The summed E-state index contributed by atoms with van der Waals surface area (Å²) in [5.74, 6) is -2.29. The van der Waals surface area contributed by atoms with Gasteiger partial charge in [0.2, 0.25) is 5.91 Å². The van der Waals surface area contributed by atoms with Crippen LogP contribution in [0.15, 0.2) is 18.2 Å². The van der Waals surface area contributed by atoms with Gasteiger partial charge >= 0.3 is 0 Å². The Kier molecular flexibility index (Phi) is 8.33. The van der Waals surface area contributed by atoms with E-state index in [0.717, 1.165) is 25.7 Å². The van der Waals surface area contributed by atoms with Gasteiger partial charge in [-0.2, -0.15) is 0 Å². The number of amides is 2. The minimum atomic E-state index is -1.23. The first kappa shape index (κ1) is 28.3. The summed E-state index contributed by atoms with van der Waals surface area (Å²) in [5, 5.41) is 6.41. The minimum Gasteiger partial charge on any atom is -0.352 e. The van der Waals surface area contributed by atoms with Gasteiger partial charge in [0.25, 0.3) is 5.91 Å². The molecule has 1 heterocycles. The third-order valence-corrected chi connectivity index (χ3v) is 7.86. The maximum Gasteiger partial charge on any atom is 0.254 e. The lowest BCUT2D eigenvalue weighted by molar-refractivity contribution is -0.128. The van der Waals surface area contributed by atoms with Crippen LogP contribution in [0.1, 0.15) is 80.7 Å². The van der Waals surface area contributed by atoms with Crippen molar-refractivity contribution in [1.29, 1.82) is 0 Å². The summed E-state index contributed by atoms with van der Waals surface area (Å²) in [6.45, 7) is 7.81. The number of carbonyl (C=O) groups is 2. The first-order valence-electron chi connectivity index (χ1n) is 12.8. The third kappa shape index (κ3) is 6.12. The molecular formula is C28H32Cl2F2N4O2. The summed E-state index contributed by atoms with van der Waals surface area (Å²) >= 11 is 13.0. The van der Waals surface area contributed by atoms with Crippen LogP contribution in [0.3, 0.4) is 0 Å². The van der Waals surface area contributed by atoms with Crippen molar-refractivity contribution in [3.05, 3.63) is 62.4 Å². The van der Waals surface area contributed by atoms with Gasteiger partial charge in [-0.15, -0.1) is 0 Å². The lowest BCUT2D eigenvalue weighted by Gasteiger charge is -2.26. The van der Waals surface area contributed by atoms with Gasteiger partial charge in [-0.3, -0.25) is 9.59 Å². The molecule has 1 saturated carbocycles. The standard InChI is InChI=1S/C28H32Cl2F2N4O2/c1-14-5-8-16(9-6-14)34-26(37)18-11-20-25(24(32)23(18)31)36-21(35-20)12-17-19(29)10-7-15(22(17)30)13-33-27(38)28(2,3)4/h7,10-11,14,16H,5-6,8-9,12-13H2,1-4H3,(H,33,38)(H,34,37)(H,35,36). The summed E-state index contributed by atoms with van der Waals surface area (Å²) in [6, 6.07) is 4.62. The second-order valence-electron chi connectivity index (χ2n) is 11.2. The number of carbonyl (C=O) groups excluding carboxylic acids is 2. The maximum atomic E-state index is 15.0. The van der Waals surface area contributed by atoms with E-state index in [-0.39, 0.29) is 41.5 Å². The average Bonchev–Trinajstić information content (AvgIpc) is 3.27. The summed E-state index contributed by atoms with van der Waals surface area (Å²) in [6.07, 6.45) is 3.71. The predicted octanol–water partition coefficient (Wildman–Crippen LogP) is 6.71. The van der Waals surface area contributed by atoms with Gasteiger partial charge in [0.15, 0.2) is 11.6 Å². The van der Waals surface area contributed by atoms with Crippen LogP contribution in [-0.4, -0.2) is 27.8 Å². The van der Waals surface area contributed by atoms with Crippen LogP contribution in [-0.2, 0) is 17.8 Å². The number of hydrogen-bond donors (Lipinski definition) is 3. The molecule has 204 valence electrons. The molecule has 1 aliphatic rings. The van der Waals surface area contributed by atoms with E-state index in [1.165, 1.54) is 6.07 Å². The zero-order valence-corrected chi connectivity index (χ0v) is 23.4. The minimum absolute atomic E-state index is 0.0565. The second kappa shape index (κ2) is 11.2. The van der Waals surface area contributed by atoms with Crippen molar-refractivity contribution in [3.63, 3.8) is 0 Å². The largest absolute Gasteiger partial charge is 0.352 e. The smallest absolute Gasteiger partial charge is 0.254 e. The molecule has 2 amide bonds. The van der Waals surface area contributed by atoms with E-state index in [9.17, 15) is 18.4 Å². The SMILES string of the molecule is CC1CCC(NC(=O)c2cc3[nH]c(Cc4c(Cl)ccc(CNC(=O)C(C)(C)C)c4Cl)nc3c(F)c2F)CC1. The molecule has 38 heavy (non-hydrogen) atoms. The van der Waals surface area contributed by atoms with Crippen LogP contribution in [0.4, 0.5) is 8.78 Å². The normalized spacial score (nSPS) is 18.0. The second-order valence-corrected chi connectivity index (χ2v) is 12.0. The molecule has 1 aromatic heterocycles. The molecule has 4 rings (SSSR count). The Morgan fingerprint density at radius 2 is 1.79 bits per heavy atom. The Morgan fingerprint density at radius 1 is 1.11 bits per heavy atom. The van der Waals surface area contributed by atoms with Crippen LogP contribution < -0.4 is 10.6 Å². The van der Waals surface area contributed by atoms with Gasteiger partial charge in [0.05, 0.1) is 16.1 Å². The van der Waals surface area contributed by atoms with Crippen molar-refractivity contribution in [1.82, 2.24) is 20.6 Å². The van der Waals surface area contributed by atoms with Crippen LogP contribution in [0, 0.1) is 23.0 Å². The molecule has 0 saturated heterocycles. The number of fused-ring (bicyclic) bond motifs is 1. The Labute approximate surface area is 230 Å². The number of halogens is 4.